The zero-order valence-electron chi connectivity index (χ0n) is 14.8. The highest BCUT2D eigenvalue weighted by Gasteiger charge is 2.19. The van der Waals surface area contributed by atoms with Gasteiger partial charge in [0, 0.05) is 12.2 Å². The molecule has 0 atom stereocenters. The van der Waals surface area contributed by atoms with Gasteiger partial charge < -0.3 is 14.7 Å². The van der Waals surface area contributed by atoms with Crippen LogP contribution in [0.15, 0.2) is 29.0 Å². The van der Waals surface area contributed by atoms with Crippen molar-refractivity contribution in [2.75, 3.05) is 23.3 Å². The molecule has 3 aromatic rings. The van der Waals surface area contributed by atoms with Gasteiger partial charge in [0.2, 0.25) is 5.91 Å². The molecule has 0 radical (unpaired) electrons. The minimum Gasteiger partial charge on any atom is -0.347 e. The number of hydrogen-bond donors (Lipinski definition) is 1. The standard InChI is InChI=1S/C18H21N5O2/c1-5-23(17-15-13(4)22-25-18(15)20-10-19-17)9-14(24)21-16-11(2)7-6-8-12(16)3/h6-8,10H,5,9H2,1-4H3,(H,21,24). The summed E-state index contributed by atoms with van der Waals surface area (Å²) in [6, 6.07) is 5.94. The van der Waals surface area contributed by atoms with Gasteiger partial charge in [-0.2, -0.15) is 4.98 Å². The number of hydrogen-bond acceptors (Lipinski definition) is 6. The Morgan fingerprint density at radius 1 is 1.20 bits per heavy atom. The first-order valence-corrected chi connectivity index (χ1v) is 8.19. The maximum Gasteiger partial charge on any atom is 0.263 e. The second kappa shape index (κ2) is 6.88. The Morgan fingerprint density at radius 3 is 2.60 bits per heavy atom. The van der Waals surface area contributed by atoms with Crippen molar-refractivity contribution in [2.24, 2.45) is 0 Å². The average molecular weight is 339 g/mol. The lowest BCUT2D eigenvalue weighted by atomic mass is 10.1. The third-order valence-electron chi connectivity index (χ3n) is 4.18. The Balaban J connectivity index is 1.84. The van der Waals surface area contributed by atoms with E-state index in [4.69, 9.17) is 4.52 Å². The lowest BCUT2D eigenvalue weighted by Crippen LogP contribution is -2.34. The number of para-hydroxylation sites is 1. The fourth-order valence-corrected chi connectivity index (χ4v) is 2.84. The van der Waals surface area contributed by atoms with E-state index in [1.54, 1.807) is 0 Å². The molecule has 0 spiro atoms. The molecule has 0 unspecified atom stereocenters. The first-order chi connectivity index (χ1) is 12.0. The fraction of sp³-hybridized carbons (Fsp3) is 0.333. The number of benzene rings is 1. The first-order valence-electron chi connectivity index (χ1n) is 8.19. The molecule has 0 saturated heterocycles. The summed E-state index contributed by atoms with van der Waals surface area (Å²) in [4.78, 5) is 22.9. The van der Waals surface area contributed by atoms with Crippen molar-refractivity contribution in [2.45, 2.75) is 27.7 Å². The summed E-state index contributed by atoms with van der Waals surface area (Å²) in [5.74, 6) is 0.558. The number of carbonyl (C=O) groups is 1. The van der Waals surface area contributed by atoms with Crippen LogP contribution in [0, 0.1) is 20.8 Å². The molecule has 1 amide bonds. The van der Waals surface area contributed by atoms with Gasteiger partial charge in [-0.15, -0.1) is 0 Å². The van der Waals surface area contributed by atoms with Crippen molar-refractivity contribution in [3.8, 4) is 0 Å². The van der Waals surface area contributed by atoms with Crippen LogP contribution in [0.2, 0.25) is 0 Å². The Bertz CT molecular complexity index is 899. The molecule has 7 nitrogen and oxygen atoms in total. The van der Waals surface area contributed by atoms with Gasteiger partial charge in [0.05, 0.1) is 12.2 Å². The molecule has 0 fully saturated rings. The number of anilines is 2. The summed E-state index contributed by atoms with van der Waals surface area (Å²) in [6.07, 6.45) is 1.42. The molecule has 7 heteroatoms. The average Bonchev–Trinajstić information content (AvgIpc) is 2.98. The maximum absolute atomic E-state index is 12.6. The Hall–Kier alpha value is -2.96. The molecule has 0 aliphatic rings. The van der Waals surface area contributed by atoms with Crippen molar-refractivity contribution in [3.63, 3.8) is 0 Å². The van der Waals surface area contributed by atoms with E-state index in [1.807, 2.05) is 50.8 Å². The molecule has 3 rings (SSSR count). The summed E-state index contributed by atoms with van der Waals surface area (Å²) >= 11 is 0. The number of nitrogens with zero attached hydrogens (tertiary/aromatic N) is 4. The highest BCUT2D eigenvalue weighted by Crippen LogP contribution is 2.26. The van der Waals surface area contributed by atoms with Crippen LogP contribution in [-0.2, 0) is 4.79 Å². The van der Waals surface area contributed by atoms with Crippen LogP contribution in [0.5, 0.6) is 0 Å². The van der Waals surface area contributed by atoms with E-state index < -0.39 is 0 Å². The van der Waals surface area contributed by atoms with Crippen LogP contribution in [0.1, 0.15) is 23.7 Å². The zero-order valence-corrected chi connectivity index (χ0v) is 14.8. The molecular weight excluding hydrogens is 318 g/mol. The zero-order chi connectivity index (χ0) is 18.0. The summed E-state index contributed by atoms with van der Waals surface area (Å²) < 4.78 is 5.19. The molecule has 0 aliphatic heterocycles. The molecule has 2 heterocycles. The number of aryl methyl sites for hydroxylation is 3. The third-order valence-corrected chi connectivity index (χ3v) is 4.18. The highest BCUT2D eigenvalue weighted by molar-refractivity contribution is 5.97. The fourth-order valence-electron chi connectivity index (χ4n) is 2.84. The smallest absolute Gasteiger partial charge is 0.263 e. The topological polar surface area (TPSA) is 84.2 Å². The van der Waals surface area contributed by atoms with Crippen molar-refractivity contribution in [1.29, 1.82) is 0 Å². The number of aromatic nitrogens is 3. The predicted molar refractivity (Wildman–Crippen MR) is 96.8 cm³/mol. The van der Waals surface area contributed by atoms with Crippen molar-refractivity contribution in [1.82, 2.24) is 15.1 Å². The van der Waals surface area contributed by atoms with E-state index in [0.29, 0.717) is 23.8 Å². The van der Waals surface area contributed by atoms with Gasteiger partial charge in [0.1, 0.15) is 17.5 Å². The van der Waals surface area contributed by atoms with Crippen molar-refractivity contribution < 1.29 is 9.32 Å². The number of carbonyl (C=O) groups excluding carboxylic acids is 1. The molecule has 0 saturated carbocycles. The molecule has 1 aromatic carbocycles. The van der Waals surface area contributed by atoms with Gasteiger partial charge in [0.25, 0.3) is 5.71 Å². The molecule has 2 aromatic heterocycles. The number of nitrogens with one attached hydrogen (secondary N) is 1. The number of likely N-dealkylation sites (N-methyl/N-ethyl adjacent to an activating group) is 1. The van der Waals surface area contributed by atoms with Crippen LogP contribution in [0.4, 0.5) is 11.5 Å². The number of fused-ring (bicyclic) bond motifs is 1. The lowest BCUT2D eigenvalue weighted by molar-refractivity contribution is -0.115. The van der Waals surface area contributed by atoms with Crippen LogP contribution >= 0.6 is 0 Å². The molecule has 0 bridgehead atoms. The van der Waals surface area contributed by atoms with Crippen LogP contribution in [0.3, 0.4) is 0 Å². The van der Waals surface area contributed by atoms with Crippen LogP contribution < -0.4 is 10.2 Å². The largest absolute Gasteiger partial charge is 0.347 e. The second-order valence-electron chi connectivity index (χ2n) is 5.97. The van der Waals surface area contributed by atoms with Gasteiger partial charge in [-0.05, 0) is 38.8 Å². The molecule has 0 aliphatic carbocycles. The summed E-state index contributed by atoms with van der Waals surface area (Å²) in [5.41, 5.74) is 4.07. The highest BCUT2D eigenvalue weighted by atomic mass is 16.5. The number of rotatable bonds is 5. The molecular formula is C18H21N5O2. The maximum atomic E-state index is 12.6. The minimum atomic E-state index is -0.0971. The van der Waals surface area contributed by atoms with Gasteiger partial charge in [-0.3, -0.25) is 4.79 Å². The Morgan fingerprint density at radius 2 is 1.92 bits per heavy atom. The van der Waals surface area contributed by atoms with E-state index in [9.17, 15) is 4.79 Å². The van der Waals surface area contributed by atoms with Crippen molar-refractivity contribution in [3.05, 3.63) is 41.3 Å². The summed E-state index contributed by atoms with van der Waals surface area (Å²) in [6.45, 7) is 8.58. The van der Waals surface area contributed by atoms with Crippen LogP contribution in [0.25, 0.3) is 11.1 Å². The first kappa shape index (κ1) is 16.9. The van der Waals surface area contributed by atoms with Crippen molar-refractivity contribution >= 4 is 28.5 Å². The number of amides is 1. The second-order valence-corrected chi connectivity index (χ2v) is 5.97. The SMILES string of the molecule is CCN(CC(=O)Nc1c(C)cccc1C)c1ncnc2onc(C)c12. The lowest BCUT2D eigenvalue weighted by Gasteiger charge is -2.22. The van der Waals surface area contributed by atoms with Crippen LogP contribution in [-0.4, -0.2) is 34.1 Å². The van der Waals surface area contributed by atoms with E-state index in [-0.39, 0.29) is 12.5 Å². The quantitative estimate of drug-likeness (QED) is 0.769. The van der Waals surface area contributed by atoms with E-state index >= 15 is 0 Å². The normalized spacial score (nSPS) is 10.9. The predicted octanol–water partition coefficient (Wildman–Crippen LogP) is 3.01. The van der Waals surface area contributed by atoms with E-state index in [2.05, 4.69) is 20.4 Å². The van der Waals surface area contributed by atoms with E-state index in [1.165, 1.54) is 6.33 Å². The monoisotopic (exact) mass is 339 g/mol. The molecule has 130 valence electrons. The molecule has 1 N–H and O–H groups in total. The molecule has 25 heavy (non-hydrogen) atoms. The minimum absolute atomic E-state index is 0.0971. The van der Waals surface area contributed by atoms with E-state index in [0.717, 1.165) is 22.2 Å². The van der Waals surface area contributed by atoms with Gasteiger partial charge in [-0.25, -0.2) is 4.98 Å². The van der Waals surface area contributed by atoms with Gasteiger partial charge in [0.15, 0.2) is 0 Å². The Kier molecular flexibility index (Phi) is 4.65. The Labute approximate surface area is 146 Å². The van der Waals surface area contributed by atoms with Gasteiger partial charge in [-0.1, -0.05) is 23.4 Å². The summed E-state index contributed by atoms with van der Waals surface area (Å²) in [7, 11) is 0. The van der Waals surface area contributed by atoms with Gasteiger partial charge >= 0.3 is 0 Å². The third kappa shape index (κ3) is 3.31. The summed E-state index contributed by atoms with van der Waals surface area (Å²) in [5, 5.41) is 7.68.